The first kappa shape index (κ1) is 15.3. The van der Waals surface area contributed by atoms with Crippen LogP contribution in [0.1, 0.15) is 43.5 Å². The highest BCUT2D eigenvalue weighted by Crippen LogP contribution is 2.33. The summed E-state index contributed by atoms with van der Waals surface area (Å²) in [7, 11) is 0. The highest BCUT2D eigenvalue weighted by molar-refractivity contribution is 5.92. The summed E-state index contributed by atoms with van der Waals surface area (Å²) in [6, 6.07) is 1.21. The van der Waals surface area contributed by atoms with Gasteiger partial charge in [-0.2, -0.15) is 0 Å². The summed E-state index contributed by atoms with van der Waals surface area (Å²) in [4.78, 5) is 28.7. The molecule has 0 unspecified atom stereocenters. The van der Waals surface area contributed by atoms with Crippen molar-refractivity contribution in [3.05, 3.63) is 24.0 Å². The number of piperidine rings is 1. The predicted molar refractivity (Wildman–Crippen MR) is 79.4 cm³/mol. The van der Waals surface area contributed by atoms with Crippen molar-refractivity contribution in [2.45, 2.75) is 33.1 Å². The summed E-state index contributed by atoms with van der Waals surface area (Å²) in [6.45, 7) is 5.88. The number of likely N-dealkylation sites (tertiary alicyclic amines) is 1. The summed E-state index contributed by atoms with van der Waals surface area (Å²) >= 11 is 0. The van der Waals surface area contributed by atoms with Crippen molar-refractivity contribution in [1.82, 2.24) is 9.88 Å². The van der Waals surface area contributed by atoms with Gasteiger partial charge in [-0.3, -0.25) is 4.98 Å². The van der Waals surface area contributed by atoms with Gasteiger partial charge in [-0.1, -0.05) is 20.3 Å². The minimum Gasteiger partial charge on any atom is -0.478 e. The number of carbonyl (C=O) groups excluding carboxylic acids is 1. The van der Waals surface area contributed by atoms with Gasteiger partial charge in [0.05, 0.1) is 17.4 Å². The van der Waals surface area contributed by atoms with Crippen molar-refractivity contribution >= 4 is 17.7 Å². The van der Waals surface area contributed by atoms with Gasteiger partial charge in [0, 0.05) is 19.3 Å². The van der Waals surface area contributed by atoms with Crippen LogP contribution in [0, 0.1) is 5.41 Å². The van der Waals surface area contributed by atoms with Crippen molar-refractivity contribution in [1.29, 1.82) is 0 Å². The van der Waals surface area contributed by atoms with Crippen LogP contribution < -0.4 is 5.32 Å². The van der Waals surface area contributed by atoms with E-state index in [-0.39, 0.29) is 11.6 Å². The third-order valence-electron chi connectivity index (χ3n) is 4.35. The van der Waals surface area contributed by atoms with E-state index >= 15 is 0 Å². The molecule has 0 atom stereocenters. The van der Waals surface area contributed by atoms with Crippen LogP contribution in [0.5, 0.6) is 0 Å². The highest BCUT2D eigenvalue weighted by atomic mass is 16.4. The number of carbonyl (C=O) groups is 2. The van der Waals surface area contributed by atoms with Gasteiger partial charge in [0.1, 0.15) is 0 Å². The first-order chi connectivity index (χ1) is 9.93. The number of pyridine rings is 1. The predicted octanol–water partition coefficient (Wildman–Crippen LogP) is 2.82. The fourth-order valence-electron chi connectivity index (χ4n) is 2.43. The number of nitrogens with one attached hydrogen (secondary N) is 1. The Hall–Kier alpha value is -2.11. The van der Waals surface area contributed by atoms with Crippen LogP contribution in [0.15, 0.2) is 18.5 Å². The van der Waals surface area contributed by atoms with Crippen molar-refractivity contribution in [3.63, 3.8) is 0 Å². The largest absolute Gasteiger partial charge is 0.478 e. The number of anilines is 1. The molecule has 1 aromatic heterocycles. The van der Waals surface area contributed by atoms with E-state index in [1.54, 1.807) is 4.90 Å². The third kappa shape index (κ3) is 3.71. The van der Waals surface area contributed by atoms with E-state index in [1.807, 2.05) is 0 Å². The maximum Gasteiger partial charge on any atom is 0.337 e. The maximum absolute atomic E-state index is 12.2. The fourth-order valence-corrected chi connectivity index (χ4v) is 2.43. The second kappa shape index (κ2) is 6.11. The molecule has 2 rings (SSSR count). The van der Waals surface area contributed by atoms with Crippen LogP contribution in [0.4, 0.5) is 10.5 Å². The summed E-state index contributed by atoms with van der Waals surface area (Å²) in [5.41, 5.74) is 0.787. The van der Waals surface area contributed by atoms with E-state index in [0.717, 1.165) is 32.4 Å². The number of aromatic carboxylic acids is 1. The molecule has 6 nitrogen and oxygen atoms in total. The molecule has 2 heterocycles. The molecule has 0 aromatic carbocycles. The summed E-state index contributed by atoms with van der Waals surface area (Å²) in [6.07, 6.45) is 5.80. The molecule has 1 fully saturated rings. The molecule has 1 aliphatic heterocycles. The zero-order valence-corrected chi connectivity index (χ0v) is 12.4. The van der Waals surface area contributed by atoms with E-state index < -0.39 is 5.97 Å². The lowest BCUT2D eigenvalue weighted by Gasteiger charge is -2.38. The Bertz CT molecular complexity index is 537. The molecule has 1 aromatic rings. The number of rotatable bonds is 3. The van der Waals surface area contributed by atoms with Gasteiger partial charge in [0.25, 0.3) is 0 Å². The number of nitrogens with zero attached hydrogens (tertiary/aromatic N) is 2. The standard InChI is InChI=1S/C15H21N3O3/c1-3-15(2)4-6-18(7-5-15)14(21)17-12-8-11(13(19)20)9-16-10-12/h8-10H,3-7H2,1-2H3,(H,17,21)(H,19,20). The molecule has 21 heavy (non-hydrogen) atoms. The molecule has 1 saturated heterocycles. The number of urea groups is 1. The monoisotopic (exact) mass is 291 g/mol. The normalized spacial score (nSPS) is 17.3. The topological polar surface area (TPSA) is 82.5 Å². The lowest BCUT2D eigenvalue weighted by atomic mass is 9.78. The molecular formula is C15H21N3O3. The summed E-state index contributed by atoms with van der Waals surface area (Å²) in [5.74, 6) is -1.06. The number of hydrogen-bond acceptors (Lipinski definition) is 3. The highest BCUT2D eigenvalue weighted by Gasteiger charge is 2.30. The Balaban J connectivity index is 1.96. The van der Waals surface area contributed by atoms with Crippen molar-refractivity contribution in [2.24, 2.45) is 5.41 Å². The van der Waals surface area contributed by atoms with E-state index in [9.17, 15) is 9.59 Å². The molecule has 0 saturated carbocycles. The van der Waals surface area contributed by atoms with Crippen molar-refractivity contribution in [2.75, 3.05) is 18.4 Å². The Labute approximate surface area is 124 Å². The second-order valence-electron chi connectivity index (χ2n) is 5.85. The number of aromatic nitrogens is 1. The molecule has 0 aliphatic carbocycles. The smallest absolute Gasteiger partial charge is 0.337 e. The van der Waals surface area contributed by atoms with Crippen LogP contribution in [0.3, 0.4) is 0 Å². The minimum atomic E-state index is -1.06. The zero-order valence-electron chi connectivity index (χ0n) is 12.4. The SMILES string of the molecule is CCC1(C)CCN(C(=O)Nc2cncc(C(=O)O)c2)CC1. The Morgan fingerprint density at radius 3 is 2.62 bits per heavy atom. The number of carboxylic acids is 1. The number of hydrogen-bond donors (Lipinski definition) is 2. The van der Waals surface area contributed by atoms with Crippen LogP contribution in [0.25, 0.3) is 0 Å². The minimum absolute atomic E-state index is 0.0602. The van der Waals surface area contributed by atoms with E-state index in [4.69, 9.17) is 5.11 Å². The first-order valence-electron chi connectivity index (χ1n) is 7.18. The Morgan fingerprint density at radius 1 is 1.38 bits per heavy atom. The van der Waals surface area contributed by atoms with Gasteiger partial charge >= 0.3 is 12.0 Å². The molecule has 0 bridgehead atoms. The van der Waals surface area contributed by atoms with Gasteiger partial charge < -0.3 is 15.3 Å². The van der Waals surface area contributed by atoms with Gasteiger partial charge in [-0.05, 0) is 24.3 Å². The lowest BCUT2D eigenvalue weighted by Crippen LogP contribution is -2.43. The molecular weight excluding hydrogens is 270 g/mol. The van der Waals surface area contributed by atoms with Gasteiger partial charge in [0.15, 0.2) is 0 Å². The van der Waals surface area contributed by atoms with Crippen LogP contribution in [-0.4, -0.2) is 40.1 Å². The average Bonchev–Trinajstić information content (AvgIpc) is 2.48. The van der Waals surface area contributed by atoms with Gasteiger partial charge in [0.2, 0.25) is 0 Å². The maximum atomic E-state index is 12.2. The van der Waals surface area contributed by atoms with Gasteiger partial charge in [-0.15, -0.1) is 0 Å². The zero-order chi connectivity index (χ0) is 15.5. The van der Waals surface area contributed by atoms with E-state index in [2.05, 4.69) is 24.1 Å². The number of amides is 2. The third-order valence-corrected chi connectivity index (χ3v) is 4.35. The quantitative estimate of drug-likeness (QED) is 0.897. The van der Waals surface area contributed by atoms with Crippen LogP contribution >= 0.6 is 0 Å². The first-order valence-corrected chi connectivity index (χ1v) is 7.18. The second-order valence-corrected chi connectivity index (χ2v) is 5.85. The average molecular weight is 291 g/mol. The summed E-state index contributed by atoms with van der Waals surface area (Å²) in [5, 5.41) is 11.6. The molecule has 0 spiro atoms. The van der Waals surface area contributed by atoms with E-state index in [0.29, 0.717) is 11.1 Å². The fraction of sp³-hybridized carbons (Fsp3) is 0.533. The van der Waals surface area contributed by atoms with Crippen LogP contribution in [0.2, 0.25) is 0 Å². The Kier molecular flexibility index (Phi) is 4.45. The summed E-state index contributed by atoms with van der Waals surface area (Å²) < 4.78 is 0. The lowest BCUT2D eigenvalue weighted by molar-refractivity contribution is 0.0696. The van der Waals surface area contributed by atoms with Crippen molar-refractivity contribution < 1.29 is 14.7 Å². The molecule has 0 radical (unpaired) electrons. The van der Waals surface area contributed by atoms with Crippen molar-refractivity contribution in [3.8, 4) is 0 Å². The molecule has 2 amide bonds. The van der Waals surface area contributed by atoms with Gasteiger partial charge in [-0.25, -0.2) is 9.59 Å². The Morgan fingerprint density at radius 2 is 2.05 bits per heavy atom. The van der Waals surface area contributed by atoms with E-state index in [1.165, 1.54) is 18.5 Å². The number of carboxylic acid groups (broad SMARTS) is 1. The van der Waals surface area contributed by atoms with Crippen LogP contribution in [-0.2, 0) is 0 Å². The molecule has 2 N–H and O–H groups in total. The molecule has 1 aliphatic rings. The molecule has 114 valence electrons. The molecule has 6 heteroatoms.